The molecule has 0 fully saturated rings. The predicted octanol–water partition coefficient (Wildman–Crippen LogP) is 2.48. The third kappa shape index (κ3) is 5.10. The lowest BCUT2D eigenvalue weighted by molar-refractivity contribution is -0.121. The molecule has 1 N–H and O–H groups in total. The molecule has 0 atom stereocenters. The summed E-state index contributed by atoms with van der Waals surface area (Å²) in [6.07, 6.45) is 4.33. The lowest BCUT2D eigenvalue weighted by atomic mass is 10.2. The largest absolute Gasteiger partial charge is 0.496 e. The first-order chi connectivity index (χ1) is 15.2. The van der Waals surface area contributed by atoms with Crippen LogP contribution in [0.5, 0.6) is 5.75 Å². The van der Waals surface area contributed by atoms with Crippen LogP contribution in [0.15, 0.2) is 57.8 Å². The van der Waals surface area contributed by atoms with Gasteiger partial charge in [0, 0.05) is 43.8 Å². The van der Waals surface area contributed by atoms with Crippen molar-refractivity contribution in [3.63, 3.8) is 0 Å². The van der Waals surface area contributed by atoms with Crippen molar-refractivity contribution in [2.45, 2.75) is 19.3 Å². The maximum atomic E-state index is 12.1. The van der Waals surface area contributed by atoms with E-state index in [4.69, 9.17) is 13.8 Å². The summed E-state index contributed by atoms with van der Waals surface area (Å²) in [6, 6.07) is 11.0. The first-order valence-electron chi connectivity index (χ1n) is 9.68. The van der Waals surface area contributed by atoms with Crippen LogP contribution >= 0.6 is 0 Å². The Kier molecular flexibility index (Phi) is 6.26. The van der Waals surface area contributed by atoms with E-state index in [1.807, 2.05) is 24.3 Å². The molecular formula is C21H20N6O4. The number of ether oxygens (including phenoxy) is 1. The third-order valence-electron chi connectivity index (χ3n) is 4.45. The maximum absolute atomic E-state index is 12.1. The van der Waals surface area contributed by atoms with E-state index in [0.717, 1.165) is 11.1 Å². The topological polar surface area (TPSA) is 129 Å². The van der Waals surface area contributed by atoms with Crippen LogP contribution < -0.4 is 10.1 Å². The minimum atomic E-state index is -0.130. The highest BCUT2D eigenvalue weighted by Crippen LogP contribution is 2.27. The molecule has 0 aliphatic carbocycles. The van der Waals surface area contributed by atoms with Gasteiger partial charge in [-0.05, 0) is 24.3 Å². The minimum absolute atomic E-state index is 0.130. The Morgan fingerprint density at radius 1 is 1.03 bits per heavy atom. The van der Waals surface area contributed by atoms with Gasteiger partial charge >= 0.3 is 0 Å². The fraction of sp³-hybridized carbons (Fsp3) is 0.238. The van der Waals surface area contributed by atoms with Gasteiger partial charge in [0.1, 0.15) is 5.75 Å². The lowest BCUT2D eigenvalue weighted by Gasteiger charge is -2.03. The van der Waals surface area contributed by atoms with Crippen molar-refractivity contribution in [3.05, 3.63) is 60.5 Å². The molecule has 4 aromatic rings. The number of nitrogens with zero attached hydrogens (tertiary/aromatic N) is 5. The Labute approximate surface area is 177 Å². The normalized spacial score (nSPS) is 10.7. The van der Waals surface area contributed by atoms with E-state index < -0.39 is 0 Å². The Morgan fingerprint density at radius 3 is 2.71 bits per heavy atom. The summed E-state index contributed by atoms with van der Waals surface area (Å²) in [5.74, 6) is 2.28. The summed E-state index contributed by atoms with van der Waals surface area (Å²) in [5.41, 5.74) is 1.53. The van der Waals surface area contributed by atoms with E-state index in [1.165, 1.54) is 0 Å². The number of rotatable bonds is 9. The van der Waals surface area contributed by atoms with Gasteiger partial charge in [0.05, 0.1) is 12.7 Å². The zero-order valence-corrected chi connectivity index (χ0v) is 16.8. The number of aromatic nitrogens is 5. The standard InChI is InChI=1S/C21H20N6O4/c1-29-16-5-3-2-4-15(16)20-25-19(30-27-20)7-6-18(28)23-13-10-17-24-21(31-26-17)14-8-11-22-12-9-14/h2-5,8-9,11-12H,6-7,10,13H2,1H3,(H,23,28). The van der Waals surface area contributed by atoms with Crippen molar-refractivity contribution in [2.24, 2.45) is 0 Å². The molecule has 10 nitrogen and oxygen atoms in total. The van der Waals surface area contributed by atoms with Crippen molar-refractivity contribution in [1.29, 1.82) is 0 Å². The zero-order valence-electron chi connectivity index (χ0n) is 16.8. The monoisotopic (exact) mass is 420 g/mol. The molecule has 0 spiro atoms. The smallest absolute Gasteiger partial charge is 0.258 e. The molecule has 0 bridgehead atoms. The molecule has 4 rings (SSSR count). The number of carbonyl (C=O) groups is 1. The number of hydrogen-bond donors (Lipinski definition) is 1. The predicted molar refractivity (Wildman–Crippen MR) is 109 cm³/mol. The van der Waals surface area contributed by atoms with Gasteiger partial charge in [0.2, 0.25) is 17.6 Å². The second-order valence-electron chi connectivity index (χ2n) is 6.56. The first kappa shape index (κ1) is 20.2. The van der Waals surface area contributed by atoms with Crippen LogP contribution in [0.4, 0.5) is 0 Å². The number of carbonyl (C=O) groups excluding carboxylic acids is 1. The van der Waals surface area contributed by atoms with Gasteiger partial charge in [-0.2, -0.15) is 9.97 Å². The molecule has 0 radical (unpaired) electrons. The molecular weight excluding hydrogens is 400 g/mol. The van der Waals surface area contributed by atoms with E-state index in [0.29, 0.717) is 48.6 Å². The van der Waals surface area contributed by atoms with Crippen molar-refractivity contribution >= 4 is 5.91 Å². The second-order valence-corrected chi connectivity index (χ2v) is 6.56. The van der Waals surface area contributed by atoms with Crippen LogP contribution in [0.2, 0.25) is 0 Å². The summed E-state index contributed by atoms with van der Waals surface area (Å²) in [5, 5.41) is 10.7. The molecule has 1 aromatic carbocycles. The minimum Gasteiger partial charge on any atom is -0.496 e. The Hall–Kier alpha value is -4.08. The number of benzene rings is 1. The van der Waals surface area contributed by atoms with E-state index in [9.17, 15) is 4.79 Å². The highest BCUT2D eigenvalue weighted by Gasteiger charge is 2.14. The van der Waals surface area contributed by atoms with Crippen molar-refractivity contribution in [2.75, 3.05) is 13.7 Å². The fourth-order valence-electron chi connectivity index (χ4n) is 2.89. The molecule has 1 amide bonds. The van der Waals surface area contributed by atoms with Crippen molar-refractivity contribution in [3.8, 4) is 28.6 Å². The molecule has 0 aliphatic rings. The molecule has 0 saturated carbocycles. The summed E-state index contributed by atoms with van der Waals surface area (Å²) in [7, 11) is 1.58. The van der Waals surface area contributed by atoms with Crippen LogP contribution in [0.1, 0.15) is 18.1 Å². The Balaban J connectivity index is 1.23. The highest BCUT2D eigenvalue weighted by molar-refractivity contribution is 5.76. The molecule has 0 unspecified atom stereocenters. The average molecular weight is 420 g/mol. The number of amides is 1. The van der Waals surface area contributed by atoms with Gasteiger partial charge in [0.25, 0.3) is 5.89 Å². The lowest BCUT2D eigenvalue weighted by Crippen LogP contribution is -2.26. The number of hydrogen-bond acceptors (Lipinski definition) is 9. The number of pyridine rings is 1. The van der Waals surface area contributed by atoms with Crippen molar-refractivity contribution < 1.29 is 18.6 Å². The number of nitrogens with one attached hydrogen (secondary N) is 1. The highest BCUT2D eigenvalue weighted by atomic mass is 16.5. The molecule has 31 heavy (non-hydrogen) atoms. The van der Waals surface area contributed by atoms with Gasteiger partial charge in [0.15, 0.2) is 5.82 Å². The van der Waals surface area contributed by atoms with Gasteiger partial charge in [-0.15, -0.1) is 0 Å². The van der Waals surface area contributed by atoms with Crippen LogP contribution in [0, 0.1) is 0 Å². The van der Waals surface area contributed by atoms with Crippen LogP contribution in [0.3, 0.4) is 0 Å². The summed E-state index contributed by atoms with van der Waals surface area (Å²) >= 11 is 0. The first-order valence-corrected chi connectivity index (χ1v) is 9.68. The van der Waals surface area contributed by atoms with E-state index in [-0.39, 0.29) is 12.3 Å². The second kappa shape index (κ2) is 9.61. The maximum Gasteiger partial charge on any atom is 0.258 e. The van der Waals surface area contributed by atoms with E-state index in [2.05, 4.69) is 30.6 Å². The van der Waals surface area contributed by atoms with Gasteiger partial charge in [-0.1, -0.05) is 22.4 Å². The Morgan fingerprint density at radius 2 is 1.87 bits per heavy atom. The van der Waals surface area contributed by atoms with Crippen LogP contribution in [-0.4, -0.2) is 44.8 Å². The summed E-state index contributed by atoms with van der Waals surface area (Å²) in [4.78, 5) is 24.7. The van der Waals surface area contributed by atoms with Gasteiger partial charge in [-0.3, -0.25) is 9.78 Å². The zero-order chi connectivity index (χ0) is 21.5. The third-order valence-corrected chi connectivity index (χ3v) is 4.45. The molecule has 0 saturated heterocycles. The number of methoxy groups -OCH3 is 1. The number of para-hydroxylation sites is 1. The van der Waals surface area contributed by atoms with Gasteiger partial charge < -0.3 is 19.1 Å². The molecule has 3 heterocycles. The molecule has 3 aromatic heterocycles. The Bertz CT molecular complexity index is 1140. The van der Waals surface area contributed by atoms with E-state index in [1.54, 1.807) is 31.6 Å². The molecule has 10 heteroatoms. The number of aryl methyl sites for hydroxylation is 1. The van der Waals surface area contributed by atoms with E-state index >= 15 is 0 Å². The quantitative estimate of drug-likeness (QED) is 0.434. The summed E-state index contributed by atoms with van der Waals surface area (Å²) < 4.78 is 15.8. The van der Waals surface area contributed by atoms with Crippen molar-refractivity contribution in [1.82, 2.24) is 30.6 Å². The SMILES string of the molecule is COc1ccccc1-c1noc(CCC(=O)NCCc2noc(-c3ccncc3)n2)n1. The molecule has 0 aliphatic heterocycles. The summed E-state index contributed by atoms with van der Waals surface area (Å²) in [6.45, 7) is 0.393. The molecule has 158 valence electrons. The van der Waals surface area contributed by atoms with Crippen LogP contribution in [-0.2, 0) is 17.6 Å². The van der Waals surface area contributed by atoms with Crippen LogP contribution in [0.25, 0.3) is 22.8 Å². The van der Waals surface area contributed by atoms with Gasteiger partial charge in [-0.25, -0.2) is 0 Å². The fourth-order valence-corrected chi connectivity index (χ4v) is 2.89. The average Bonchev–Trinajstić information content (AvgIpc) is 3.48.